The number of aromatic nitrogens is 1. The summed E-state index contributed by atoms with van der Waals surface area (Å²) in [4.78, 5) is 15.9. The van der Waals surface area contributed by atoms with Gasteiger partial charge in [0.05, 0.1) is 12.8 Å². The molecule has 0 atom stereocenters. The fraction of sp³-hybridized carbons (Fsp3) is 0.571. The number of nitrogens with one attached hydrogen (secondary N) is 1. The van der Waals surface area contributed by atoms with E-state index in [1.54, 1.807) is 24.5 Å². The lowest BCUT2D eigenvalue weighted by molar-refractivity contribution is -0.122. The number of hydrogen-bond donors (Lipinski definition) is 1. The molecule has 0 bridgehead atoms. The van der Waals surface area contributed by atoms with Gasteiger partial charge in [0.1, 0.15) is 0 Å². The van der Waals surface area contributed by atoms with Crippen LogP contribution in [0.1, 0.15) is 31.2 Å². The van der Waals surface area contributed by atoms with Crippen molar-refractivity contribution in [2.75, 3.05) is 12.8 Å². The molecule has 1 fully saturated rings. The van der Waals surface area contributed by atoms with E-state index in [0.717, 1.165) is 37.5 Å². The van der Waals surface area contributed by atoms with Crippen LogP contribution in [0.15, 0.2) is 24.5 Å². The van der Waals surface area contributed by atoms with E-state index in [4.69, 9.17) is 0 Å². The largest absolute Gasteiger partial charge is 0.352 e. The molecule has 21 heavy (non-hydrogen) atoms. The fourth-order valence-electron chi connectivity index (χ4n) is 2.49. The molecule has 1 heterocycles. The Kier molecular flexibility index (Phi) is 5.30. The van der Waals surface area contributed by atoms with E-state index in [1.165, 1.54) is 4.31 Å². The van der Waals surface area contributed by atoms with Crippen molar-refractivity contribution in [3.05, 3.63) is 30.1 Å². The Bertz CT molecular complexity index is 568. The number of hydrogen-bond acceptors (Lipinski definition) is 4. The summed E-state index contributed by atoms with van der Waals surface area (Å²) < 4.78 is 24.9. The third-order valence-corrected chi connectivity index (χ3v) is 4.81. The second-order valence-electron chi connectivity index (χ2n) is 5.44. The number of carbonyl (C=O) groups excluding carboxylic acids is 1. The minimum absolute atomic E-state index is 0.141. The van der Waals surface area contributed by atoms with Crippen molar-refractivity contribution in [3.8, 4) is 0 Å². The highest BCUT2D eigenvalue weighted by Crippen LogP contribution is 2.17. The first-order valence-corrected chi connectivity index (χ1v) is 8.93. The molecule has 0 unspecified atom stereocenters. The molecule has 0 spiro atoms. The summed E-state index contributed by atoms with van der Waals surface area (Å²) in [5, 5.41) is 2.91. The highest BCUT2D eigenvalue weighted by atomic mass is 32.2. The van der Waals surface area contributed by atoms with Gasteiger partial charge in [-0.25, -0.2) is 8.42 Å². The standard InChI is InChI=1S/C14H21N3O3S/c1-21(19,20)17(10-12-6-8-15-9-7-12)11-14(18)16-13-4-2-3-5-13/h6-9,13H,2-5,10-11H2,1H3,(H,16,18). The molecule has 0 aliphatic heterocycles. The van der Waals surface area contributed by atoms with Crippen LogP contribution in [0.3, 0.4) is 0 Å². The van der Waals surface area contributed by atoms with E-state index < -0.39 is 10.0 Å². The molecule has 1 saturated carbocycles. The molecule has 116 valence electrons. The molecule has 1 amide bonds. The number of amides is 1. The van der Waals surface area contributed by atoms with E-state index in [9.17, 15) is 13.2 Å². The Hall–Kier alpha value is -1.47. The zero-order valence-corrected chi connectivity index (χ0v) is 13.0. The normalized spacial score (nSPS) is 16.3. The summed E-state index contributed by atoms with van der Waals surface area (Å²) in [6.07, 6.45) is 8.54. The van der Waals surface area contributed by atoms with E-state index in [0.29, 0.717) is 0 Å². The maximum atomic E-state index is 12.0. The van der Waals surface area contributed by atoms with Gasteiger partial charge in [-0.3, -0.25) is 9.78 Å². The lowest BCUT2D eigenvalue weighted by Gasteiger charge is -2.21. The number of pyridine rings is 1. The lowest BCUT2D eigenvalue weighted by atomic mass is 10.2. The monoisotopic (exact) mass is 311 g/mol. The van der Waals surface area contributed by atoms with E-state index >= 15 is 0 Å². The van der Waals surface area contributed by atoms with Gasteiger partial charge >= 0.3 is 0 Å². The molecular formula is C14H21N3O3S. The van der Waals surface area contributed by atoms with Crippen molar-refractivity contribution in [1.29, 1.82) is 0 Å². The first-order valence-electron chi connectivity index (χ1n) is 7.08. The minimum atomic E-state index is -3.44. The van der Waals surface area contributed by atoms with Crippen LogP contribution in [-0.2, 0) is 21.4 Å². The number of carbonyl (C=O) groups is 1. The zero-order valence-electron chi connectivity index (χ0n) is 12.2. The summed E-state index contributed by atoms with van der Waals surface area (Å²) in [6.45, 7) is 0.0388. The molecule has 0 saturated heterocycles. The van der Waals surface area contributed by atoms with Gasteiger partial charge in [-0.2, -0.15) is 4.31 Å². The van der Waals surface area contributed by atoms with Crippen molar-refractivity contribution in [2.24, 2.45) is 0 Å². The molecule has 0 radical (unpaired) electrons. The predicted molar refractivity (Wildman–Crippen MR) is 79.9 cm³/mol. The first-order chi connectivity index (χ1) is 9.95. The van der Waals surface area contributed by atoms with Crippen molar-refractivity contribution in [2.45, 2.75) is 38.3 Å². The predicted octanol–water partition coefficient (Wildman–Crippen LogP) is 0.902. The first kappa shape index (κ1) is 15.9. The second-order valence-corrected chi connectivity index (χ2v) is 7.42. The molecule has 7 heteroatoms. The molecule has 1 aliphatic rings. The summed E-state index contributed by atoms with van der Waals surface area (Å²) in [6, 6.07) is 3.68. The van der Waals surface area contributed by atoms with E-state index in [2.05, 4.69) is 10.3 Å². The molecule has 6 nitrogen and oxygen atoms in total. The Morgan fingerprint density at radius 2 is 1.95 bits per heavy atom. The van der Waals surface area contributed by atoms with Gasteiger partial charge in [0.25, 0.3) is 0 Å². The number of rotatable bonds is 6. The van der Waals surface area contributed by atoms with Crippen molar-refractivity contribution < 1.29 is 13.2 Å². The van der Waals surface area contributed by atoms with Crippen LogP contribution in [0.4, 0.5) is 0 Å². The van der Waals surface area contributed by atoms with Crippen LogP contribution >= 0.6 is 0 Å². The van der Waals surface area contributed by atoms with Crippen LogP contribution in [-0.4, -0.2) is 42.5 Å². The summed E-state index contributed by atoms with van der Waals surface area (Å²) >= 11 is 0. The third kappa shape index (κ3) is 5.09. The molecule has 0 aromatic carbocycles. The SMILES string of the molecule is CS(=O)(=O)N(CC(=O)NC1CCCC1)Cc1ccncc1. The Morgan fingerprint density at radius 1 is 1.33 bits per heavy atom. The maximum absolute atomic E-state index is 12.0. The Labute approximate surface area is 125 Å². The van der Waals surface area contributed by atoms with Crippen LogP contribution in [0.25, 0.3) is 0 Å². The average Bonchev–Trinajstić information content (AvgIpc) is 2.91. The quantitative estimate of drug-likeness (QED) is 0.846. The summed E-state index contributed by atoms with van der Waals surface area (Å²) in [7, 11) is -3.44. The van der Waals surface area contributed by atoms with Crippen molar-refractivity contribution in [1.82, 2.24) is 14.6 Å². The van der Waals surface area contributed by atoms with Crippen molar-refractivity contribution in [3.63, 3.8) is 0 Å². The number of sulfonamides is 1. The zero-order chi connectivity index (χ0) is 15.3. The molecule has 1 aliphatic carbocycles. The second kappa shape index (κ2) is 7.00. The smallest absolute Gasteiger partial charge is 0.235 e. The summed E-state index contributed by atoms with van der Waals surface area (Å²) in [5.41, 5.74) is 0.809. The lowest BCUT2D eigenvalue weighted by Crippen LogP contribution is -2.42. The van der Waals surface area contributed by atoms with Gasteiger partial charge in [0.15, 0.2) is 0 Å². The van der Waals surface area contributed by atoms with Gasteiger partial charge in [0, 0.05) is 25.0 Å². The third-order valence-electron chi connectivity index (χ3n) is 3.62. The highest BCUT2D eigenvalue weighted by molar-refractivity contribution is 7.88. The Balaban J connectivity index is 1.98. The highest BCUT2D eigenvalue weighted by Gasteiger charge is 2.23. The average molecular weight is 311 g/mol. The number of nitrogens with zero attached hydrogens (tertiary/aromatic N) is 2. The van der Waals surface area contributed by atoms with Gasteiger partial charge in [-0.1, -0.05) is 12.8 Å². The molecular weight excluding hydrogens is 290 g/mol. The van der Waals surface area contributed by atoms with Gasteiger partial charge < -0.3 is 5.32 Å². The van der Waals surface area contributed by atoms with Crippen LogP contribution in [0.5, 0.6) is 0 Å². The molecule has 1 aromatic heterocycles. The molecule has 1 N–H and O–H groups in total. The minimum Gasteiger partial charge on any atom is -0.352 e. The van der Waals surface area contributed by atoms with Crippen LogP contribution in [0, 0.1) is 0 Å². The van der Waals surface area contributed by atoms with Crippen LogP contribution < -0.4 is 5.32 Å². The topological polar surface area (TPSA) is 79.4 Å². The van der Waals surface area contributed by atoms with Crippen molar-refractivity contribution >= 4 is 15.9 Å². The van der Waals surface area contributed by atoms with Crippen LogP contribution in [0.2, 0.25) is 0 Å². The van der Waals surface area contributed by atoms with E-state index in [-0.39, 0.29) is 25.0 Å². The van der Waals surface area contributed by atoms with E-state index in [1.807, 2.05) is 0 Å². The Morgan fingerprint density at radius 3 is 2.52 bits per heavy atom. The van der Waals surface area contributed by atoms with Gasteiger partial charge in [-0.05, 0) is 30.5 Å². The molecule has 1 aromatic rings. The molecule has 2 rings (SSSR count). The van der Waals surface area contributed by atoms with Gasteiger partial charge in [0.2, 0.25) is 15.9 Å². The summed E-state index contributed by atoms with van der Waals surface area (Å²) in [5.74, 6) is -0.235. The maximum Gasteiger partial charge on any atom is 0.235 e. The fourth-order valence-corrected chi connectivity index (χ4v) is 3.22. The van der Waals surface area contributed by atoms with Gasteiger partial charge in [-0.15, -0.1) is 0 Å².